The lowest BCUT2D eigenvalue weighted by Crippen LogP contribution is -2.24. The fourth-order valence-electron chi connectivity index (χ4n) is 1.72. The highest BCUT2D eigenvalue weighted by molar-refractivity contribution is 6.01. The number of esters is 1. The predicted octanol–water partition coefficient (Wildman–Crippen LogP) is 3.00. The van der Waals surface area contributed by atoms with Crippen molar-refractivity contribution in [2.75, 3.05) is 0 Å². The van der Waals surface area contributed by atoms with E-state index in [4.69, 9.17) is 4.74 Å². The molecule has 2 rings (SSSR count). The molecule has 2 aromatic rings. The number of nitrogens with zero attached hydrogens (tertiary/aromatic N) is 1. The Balaban J connectivity index is 2.52. The Hall–Kier alpha value is -2.23. The quantitative estimate of drug-likeness (QED) is 0.613. The van der Waals surface area contributed by atoms with Crippen molar-refractivity contribution in [1.82, 2.24) is 4.98 Å². The van der Waals surface area contributed by atoms with Crippen molar-refractivity contribution in [2.45, 2.75) is 26.4 Å². The molecular weight excluding hydrogens is 242 g/mol. The van der Waals surface area contributed by atoms with Gasteiger partial charge in [-0.25, -0.2) is 9.78 Å². The Labute approximate surface area is 111 Å². The maximum absolute atomic E-state index is 12.1. The van der Waals surface area contributed by atoms with Crippen LogP contribution >= 0.6 is 0 Å². The topological polar surface area (TPSA) is 56.3 Å². The van der Waals surface area contributed by atoms with E-state index in [1.807, 2.05) is 18.2 Å². The molecule has 0 atom stereocenters. The second-order valence-corrected chi connectivity index (χ2v) is 5.23. The van der Waals surface area contributed by atoms with Gasteiger partial charge < -0.3 is 4.74 Å². The highest BCUT2D eigenvalue weighted by Crippen LogP contribution is 2.19. The summed E-state index contributed by atoms with van der Waals surface area (Å²) >= 11 is 0. The van der Waals surface area contributed by atoms with Crippen molar-refractivity contribution in [3.8, 4) is 0 Å². The van der Waals surface area contributed by atoms with Crippen molar-refractivity contribution in [1.29, 1.82) is 0 Å². The summed E-state index contributed by atoms with van der Waals surface area (Å²) in [6.45, 7) is 5.33. The average molecular weight is 257 g/mol. The number of hydrogen-bond donors (Lipinski definition) is 0. The summed E-state index contributed by atoms with van der Waals surface area (Å²) in [7, 11) is 0. The average Bonchev–Trinajstić information content (AvgIpc) is 2.35. The molecule has 0 aliphatic heterocycles. The molecule has 0 saturated heterocycles. The van der Waals surface area contributed by atoms with Gasteiger partial charge in [-0.1, -0.05) is 18.2 Å². The second kappa shape index (κ2) is 4.80. The van der Waals surface area contributed by atoms with Gasteiger partial charge in [-0.3, -0.25) is 4.79 Å². The van der Waals surface area contributed by atoms with E-state index in [1.165, 1.54) is 0 Å². The number of aldehydes is 1. The molecule has 1 heterocycles. The molecule has 0 saturated carbocycles. The molecule has 1 aromatic carbocycles. The van der Waals surface area contributed by atoms with Gasteiger partial charge in [0, 0.05) is 5.39 Å². The van der Waals surface area contributed by atoms with E-state index in [-0.39, 0.29) is 11.3 Å². The van der Waals surface area contributed by atoms with E-state index in [1.54, 1.807) is 32.9 Å². The van der Waals surface area contributed by atoms with Gasteiger partial charge in [0.1, 0.15) is 11.3 Å². The second-order valence-electron chi connectivity index (χ2n) is 5.23. The van der Waals surface area contributed by atoms with Crippen molar-refractivity contribution in [2.24, 2.45) is 0 Å². The molecular formula is C15H15NO3. The number of para-hydroxylation sites is 1. The number of hydrogen-bond acceptors (Lipinski definition) is 4. The molecule has 98 valence electrons. The van der Waals surface area contributed by atoms with Crippen molar-refractivity contribution in [3.05, 3.63) is 41.6 Å². The van der Waals surface area contributed by atoms with E-state index < -0.39 is 11.6 Å². The van der Waals surface area contributed by atoms with Crippen LogP contribution in [0.2, 0.25) is 0 Å². The van der Waals surface area contributed by atoms with Crippen LogP contribution in [0.3, 0.4) is 0 Å². The third-order valence-corrected chi connectivity index (χ3v) is 2.48. The van der Waals surface area contributed by atoms with Gasteiger partial charge in [0.05, 0.1) is 11.1 Å². The number of carbonyl (C=O) groups excluding carboxylic acids is 2. The minimum absolute atomic E-state index is 0.105. The zero-order chi connectivity index (χ0) is 14.0. The van der Waals surface area contributed by atoms with Gasteiger partial charge in [-0.05, 0) is 32.9 Å². The minimum atomic E-state index is -0.608. The Morgan fingerprint density at radius 3 is 2.58 bits per heavy atom. The Morgan fingerprint density at radius 1 is 1.26 bits per heavy atom. The summed E-state index contributed by atoms with van der Waals surface area (Å²) < 4.78 is 5.28. The molecule has 0 amide bonds. The number of rotatable bonds is 2. The first-order valence-corrected chi connectivity index (χ1v) is 5.99. The first kappa shape index (κ1) is 13.2. The fourth-order valence-corrected chi connectivity index (χ4v) is 1.72. The highest BCUT2D eigenvalue weighted by atomic mass is 16.6. The molecule has 0 spiro atoms. The van der Waals surface area contributed by atoms with Crippen LogP contribution in [-0.2, 0) is 4.74 Å². The standard InChI is InChI=1S/C15H15NO3/c1-15(2,3)19-14(18)11-8-10-6-4-5-7-12(10)16-13(11)9-17/h4-9H,1-3H3. The zero-order valence-electron chi connectivity index (χ0n) is 11.1. The molecule has 0 aliphatic carbocycles. The smallest absolute Gasteiger partial charge is 0.341 e. The largest absolute Gasteiger partial charge is 0.456 e. The Bertz CT molecular complexity index is 641. The SMILES string of the molecule is CC(C)(C)OC(=O)c1cc2ccccc2nc1C=O. The van der Waals surface area contributed by atoms with Gasteiger partial charge in [0.15, 0.2) is 6.29 Å². The lowest BCUT2D eigenvalue weighted by molar-refractivity contribution is 0.00679. The van der Waals surface area contributed by atoms with Crippen LogP contribution in [0, 0.1) is 0 Å². The molecule has 19 heavy (non-hydrogen) atoms. The van der Waals surface area contributed by atoms with Crippen molar-refractivity contribution in [3.63, 3.8) is 0 Å². The normalized spacial score (nSPS) is 11.3. The summed E-state index contributed by atoms with van der Waals surface area (Å²) in [6.07, 6.45) is 0.575. The van der Waals surface area contributed by atoms with Crippen LogP contribution in [0.5, 0.6) is 0 Å². The summed E-state index contributed by atoms with van der Waals surface area (Å²) in [6, 6.07) is 8.95. The van der Waals surface area contributed by atoms with Crippen LogP contribution in [0.1, 0.15) is 41.6 Å². The summed E-state index contributed by atoms with van der Waals surface area (Å²) in [5, 5.41) is 0.800. The molecule has 4 heteroatoms. The van der Waals surface area contributed by atoms with Gasteiger partial charge >= 0.3 is 5.97 Å². The lowest BCUT2D eigenvalue weighted by atomic mass is 10.1. The van der Waals surface area contributed by atoms with E-state index in [2.05, 4.69) is 4.98 Å². The molecule has 0 aliphatic rings. The number of carbonyl (C=O) groups is 2. The molecule has 0 unspecified atom stereocenters. The summed E-state index contributed by atoms with van der Waals surface area (Å²) in [4.78, 5) is 27.3. The van der Waals surface area contributed by atoms with E-state index in [0.29, 0.717) is 11.8 Å². The number of aromatic nitrogens is 1. The van der Waals surface area contributed by atoms with Crippen LogP contribution in [0.15, 0.2) is 30.3 Å². The van der Waals surface area contributed by atoms with Gasteiger partial charge in [0.2, 0.25) is 0 Å². The molecule has 0 radical (unpaired) electrons. The Morgan fingerprint density at radius 2 is 1.95 bits per heavy atom. The van der Waals surface area contributed by atoms with E-state index in [0.717, 1.165) is 5.39 Å². The number of pyridine rings is 1. The molecule has 0 bridgehead atoms. The summed E-state index contributed by atoms with van der Waals surface area (Å²) in [5.74, 6) is -0.534. The number of fused-ring (bicyclic) bond motifs is 1. The monoisotopic (exact) mass is 257 g/mol. The van der Waals surface area contributed by atoms with Crippen LogP contribution in [0.4, 0.5) is 0 Å². The zero-order valence-corrected chi connectivity index (χ0v) is 11.1. The minimum Gasteiger partial charge on any atom is -0.456 e. The maximum Gasteiger partial charge on any atom is 0.341 e. The van der Waals surface area contributed by atoms with Gasteiger partial charge in [-0.15, -0.1) is 0 Å². The van der Waals surface area contributed by atoms with E-state index >= 15 is 0 Å². The lowest BCUT2D eigenvalue weighted by Gasteiger charge is -2.19. The third kappa shape index (κ3) is 2.96. The maximum atomic E-state index is 12.1. The van der Waals surface area contributed by atoms with Crippen LogP contribution in [0.25, 0.3) is 10.9 Å². The molecule has 1 aromatic heterocycles. The highest BCUT2D eigenvalue weighted by Gasteiger charge is 2.21. The number of benzene rings is 1. The first-order chi connectivity index (χ1) is 8.90. The van der Waals surface area contributed by atoms with Crippen molar-refractivity contribution < 1.29 is 14.3 Å². The van der Waals surface area contributed by atoms with Gasteiger partial charge in [0.25, 0.3) is 0 Å². The predicted molar refractivity (Wildman–Crippen MR) is 72.3 cm³/mol. The third-order valence-electron chi connectivity index (χ3n) is 2.48. The fraction of sp³-hybridized carbons (Fsp3) is 0.267. The van der Waals surface area contributed by atoms with Gasteiger partial charge in [-0.2, -0.15) is 0 Å². The summed E-state index contributed by atoms with van der Waals surface area (Å²) in [5.41, 5.74) is 0.372. The number of ether oxygens (including phenoxy) is 1. The Kier molecular flexibility index (Phi) is 3.34. The van der Waals surface area contributed by atoms with Crippen LogP contribution < -0.4 is 0 Å². The van der Waals surface area contributed by atoms with Crippen molar-refractivity contribution >= 4 is 23.2 Å². The molecule has 4 nitrogen and oxygen atoms in total. The molecule has 0 fully saturated rings. The first-order valence-electron chi connectivity index (χ1n) is 5.99. The van der Waals surface area contributed by atoms with Crippen LogP contribution in [-0.4, -0.2) is 22.8 Å². The molecule has 0 N–H and O–H groups in total. The van der Waals surface area contributed by atoms with E-state index in [9.17, 15) is 9.59 Å².